The molecule has 0 aliphatic carbocycles. The van der Waals surface area contributed by atoms with E-state index >= 15 is 0 Å². The Balaban J connectivity index is 3.62. The number of aliphatic imine (C=N–C) groups is 1. The molecule has 11 heavy (non-hydrogen) atoms. The second-order valence-electron chi connectivity index (χ2n) is 2.68. The van der Waals surface area contributed by atoms with Crippen LogP contribution in [0.2, 0.25) is 0 Å². The largest absolute Gasteiger partial charge is 0.388 e. The number of carbonyl (C=O) groups is 1. The summed E-state index contributed by atoms with van der Waals surface area (Å²) in [6.45, 7) is 5.58. The highest BCUT2D eigenvalue weighted by atomic mass is 16.1. The zero-order chi connectivity index (χ0) is 8.85. The predicted molar refractivity (Wildman–Crippen MR) is 45.4 cm³/mol. The van der Waals surface area contributed by atoms with Crippen molar-refractivity contribution < 1.29 is 4.79 Å². The van der Waals surface area contributed by atoms with Crippen molar-refractivity contribution in [2.45, 2.75) is 26.8 Å². The first-order chi connectivity index (χ1) is 5.02. The number of nitrogens with zero attached hydrogens (tertiary/aromatic N) is 1. The van der Waals surface area contributed by atoms with Crippen molar-refractivity contribution in [3.05, 3.63) is 0 Å². The van der Waals surface area contributed by atoms with Crippen LogP contribution in [0.25, 0.3) is 0 Å². The Morgan fingerprint density at radius 1 is 1.64 bits per heavy atom. The Hall–Kier alpha value is -1.06. The van der Waals surface area contributed by atoms with Gasteiger partial charge in [-0.2, -0.15) is 0 Å². The third-order valence-corrected chi connectivity index (χ3v) is 0.922. The second-order valence-corrected chi connectivity index (χ2v) is 2.68. The molecule has 0 bridgehead atoms. The fourth-order valence-corrected chi connectivity index (χ4v) is 0.564. The fraction of sp³-hybridized carbons (Fsp3) is 0.714. The summed E-state index contributed by atoms with van der Waals surface area (Å²) >= 11 is 0. The minimum absolute atomic E-state index is 0.0928. The van der Waals surface area contributed by atoms with E-state index in [1.165, 1.54) is 0 Å². The summed E-state index contributed by atoms with van der Waals surface area (Å²) < 4.78 is 0. The van der Waals surface area contributed by atoms with Gasteiger partial charge in [0.2, 0.25) is 5.91 Å². The van der Waals surface area contributed by atoms with Gasteiger partial charge >= 0.3 is 0 Å². The van der Waals surface area contributed by atoms with Crippen LogP contribution in [-0.2, 0) is 4.79 Å². The number of hydrogen-bond donors (Lipinski definition) is 2. The third kappa shape index (κ3) is 6.83. The maximum atomic E-state index is 10.9. The van der Waals surface area contributed by atoms with Crippen molar-refractivity contribution in [1.82, 2.24) is 5.32 Å². The molecule has 0 aromatic carbocycles. The number of rotatable bonds is 3. The summed E-state index contributed by atoms with van der Waals surface area (Å²) in [4.78, 5) is 14.6. The summed E-state index contributed by atoms with van der Waals surface area (Å²) in [6.07, 6.45) is 0. The number of carbonyl (C=O) groups excluding carboxylic acids is 1. The second kappa shape index (κ2) is 4.71. The molecule has 0 aromatic heterocycles. The van der Waals surface area contributed by atoms with E-state index in [1.807, 2.05) is 13.8 Å². The van der Waals surface area contributed by atoms with Crippen LogP contribution >= 0.6 is 0 Å². The lowest BCUT2D eigenvalue weighted by Gasteiger charge is -2.05. The summed E-state index contributed by atoms with van der Waals surface area (Å²) in [5, 5.41) is 2.70. The van der Waals surface area contributed by atoms with Crippen molar-refractivity contribution in [2.24, 2.45) is 10.7 Å². The highest BCUT2D eigenvalue weighted by Gasteiger charge is 1.99. The first kappa shape index (κ1) is 9.94. The Morgan fingerprint density at radius 2 is 2.18 bits per heavy atom. The molecule has 1 amide bonds. The van der Waals surface area contributed by atoms with Crippen LogP contribution in [0, 0.1) is 0 Å². The highest BCUT2D eigenvalue weighted by Crippen LogP contribution is 1.78. The van der Waals surface area contributed by atoms with E-state index in [0.29, 0.717) is 5.84 Å². The van der Waals surface area contributed by atoms with Crippen molar-refractivity contribution in [3.8, 4) is 0 Å². The maximum Gasteiger partial charge on any atom is 0.241 e. The van der Waals surface area contributed by atoms with Crippen LogP contribution in [0.1, 0.15) is 20.8 Å². The lowest BCUT2D eigenvalue weighted by atomic mass is 10.4. The van der Waals surface area contributed by atoms with Gasteiger partial charge in [-0.1, -0.05) is 0 Å². The SMILES string of the molecule is CC(N)=NCC(=O)NC(C)C. The van der Waals surface area contributed by atoms with Crippen molar-refractivity contribution in [3.63, 3.8) is 0 Å². The lowest BCUT2D eigenvalue weighted by molar-refractivity contribution is -0.120. The molecule has 0 atom stereocenters. The standard InChI is InChI=1S/C7H15N3O/c1-5(2)10-7(11)4-9-6(3)8/h5H,4H2,1-3H3,(H2,8,9)(H,10,11). The summed E-state index contributed by atoms with van der Waals surface area (Å²) in [6, 6.07) is 0.163. The molecule has 0 rings (SSSR count). The van der Waals surface area contributed by atoms with Gasteiger partial charge in [0.05, 0.1) is 5.84 Å². The number of hydrogen-bond acceptors (Lipinski definition) is 2. The Kier molecular flexibility index (Phi) is 4.26. The molecule has 64 valence electrons. The van der Waals surface area contributed by atoms with Gasteiger partial charge in [-0.15, -0.1) is 0 Å². The van der Waals surface area contributed by atoms with Crippen LogP contribution < -0.4 is 11.1 Å². The first-order valence-corrected chi connectivity index (χ1v) is 3.58. The van der Waals surface area contributed by atoms with Crippen LogP contribution in [0.5, 0.6) is 0 Å². The molecule has 0 fully saturated rings. The zero-order valence-corrected chi connectivity index (χ0v) is 7.22. The van der Waals surface area contributed by atoms with Gasteiger partial charge in [-0.3, -0.25) is 9.79 Å². The average Bonchev–Trinajstić information content (AvgIpc) is 1.82. The summed E-state index contributed by atoms with van der Waals surface area (Å²) in [5.41, 5.74) is 5.24. The van der Waals surface area contributed by atoms with Crippen LogP contribution in [0.15, 0.2) is 4.99 Å². The molecule has 0 saturated heterocycles. The van der Waals surface area contributed by atoms with Crippen molar-refractivity contribution in [2.75, 3.05) is 6.54 Å². The van der Waals surface area contributed by atoms with Gasteiger partial charge in [-0.25, -0.2) is 0 Å². The van der Waals surface area contributed by atoms with Gasteiger partial charge in [0.1, 0.15) is 6.54 Å². The van der Waals surface area contributed by atoms with Crippen LogP contribution in [0.3, 0.4) is 0 Å². The number of amides is 1. The number of amidine groups is 1. The van der Waals surface area contributed by atoms with E-state index in [0.717, 1.165) is 0 Å². The van der Waals surface area contributed by atoms with Crippen LogP contribution in [0.4, 0.5) is 0 Å². The van der Waals surface area contributed by atoms with Gasteiger partial charge in [-0.05, 0) is 20.8 Å². The average molecular weight is 157 g/mol. The molecule has 0 spiro atoms. The normalized spacial score (nSPS) is 11.8. The Bertz CT molecular complexity index is 159. The smallest absolute Gasteiger partial charge is 0.241 e. The molecule has 0 saturated carbocycles. The molecule has 4 nitrogen and oxygen atoms in total. The van der Waals surface area contributed by atoms with Gasteiger partial charge in [0.25, 0.3) is 0 Å². The minimum Gasteiger partial charge on any atom is -0.388 e. The molecular weight excluding hydrogens is 142 g/mol. The molecule has 0 radical (unpaired) electrons. The van der Waals surface area contributed by atoms with E-state index in [-0.39, 0.29) is 18.5 Å². The quantitative estimate of drug-likeness (QED) is 0.443. The van der Waals surface area contributed by atoms with Crippen LogP contribution in [-0.4, -0.2) is 24.3 Å². The van der Waals surface area contributed by atoms with E-state index in [9.17, 15) is 4.79 Å². The van der Waals surface area contributed by atoms with Gasteiger partial charge < -0.3 is 11.1 Å². The van der Waals surface area contributed by atoms with Crippen molar-refractivity contribution in [1.29, 1.82) is 0 Å². The molecule has 4 heteroatoms. The molecule has 3 N–H and O–H groups in total. The van der Waals surface area contributed by atoms with Gasteiger partial charge in [0.15, 0.2) is 0 Å². The molecule has 0 aliphatic heterocycles. The lowest BCUT2D eigenvalue weighted by Crippen LogP contribution is -2.32. The molecule has 0 aliphatic rings. The van der Waals surface area contributed by atoms with E-state index in [2.05, 4.69) is 10.3 Å². The van der Waals surface area contributed by atoms with Gasteiger partial charge in [0, 0.05) is 6.04 Å². The number of nitrogens with one attached hydrogen (secondary N) is 1. The molecule has 0 aromatic rings. The topological polar surface area (TPSA) is 67.5 Å². The fourth-order valence-electron chi connectivity index (χ4n) is 0.564. The number of nitrogens with two attached hydrogens (primary N) is 1. The van der Waals surface area contributed by atoms with Crippen molar-refractivity contribution >= 4 is 11.7 Å². The highest BCUT2D eigenvalue weighted by molar-refractivity contribution is 5.83. The van der Waals surface area contributed by atoms with E-state index in [4.69, 9.17) is 5.73 Å². The monoisotopic (exact) mass is 157 g/mol. The molecule has 0 heterocycles. The van der Waals surface area contributed by atoms with E-state index < -0.39 is 0 Å². The third-order valence-electron chi connectivity index (χ3n) is 0.922. The first-order valence-electron chi connectivity index (χ1n) is 3.58. The Morgan fingerprint density at radius 3 is 2.55 bits per heavy atom. The minimum atomic E-state index is -0.0928. The summed E-state index contributed by atoms with van der Waals surface area (Å²) in [7, 11) is 0. The summed E-state index contributed by atoms with van der Waals surface area (Å²) in [5.74, 6) is 0.341. The maximum absolute atomic E-state index is 10.9. The molecule has 0 unspecified atom stereocenters. The van der Waals surface area contributed by atoms with E-state index in [1.54, 1.807) is 6.92 Å². The molecular formula is C7H15N3O. The zero-order valence-electron chi connectivity index (χ0n) is 7.22. The Labute approximate surface area is 66.9 Å². The predicted octanol–water partition coefficient (Wildman–Crippen LogP) is -0.112.